The molecule has 0 spiro atoms. The summed E-state index contributed by atoms with van der Waals surface area (Å²) in [4.78, 5) is 22.8. The van der Waals surface area contributed by atoms with Gasteiger partial charge in [-0.25, -0.2) is 0 Å². The normalized spacial score (nSPS) is 24.7. The van der Waals surface area contributed by atoms with Gasteiger partial charge in [0.25, 0.3) is 0 Å². The molecule has 1 amide bonds. The van der Waals surface area contributed by atoms with Crippen molar-refractivity contribution in [3.8, 4) is 0 Å². The summed E-state index contributed by atoms with van der Waals surface area (Å²) in [5.41, 5.74) is 0.709. The highest BCUT2D eigenvalue weighted by molar-refractivity contribution is 5.92. The van der Waals surface area contributed by atoms with E-state index in [4.69, 9.17) is 5.11 Å². The molecular formula is C14H23NO3. The smallest absolute Gasteiger partial charge is 0.306 e. The molecule has 2 unspecified atom stereocenters. The number of carboxylic acids is 1. The van der Waals surface area contributed by atoms with E-state index in [1.165, 1.54) is 0 Å². The lowest BCUT2D eigenvalue weighted by atomic mass is 9.79. The van der Waals surface area contributed by atoms with Crippen molar-refractivity contribution in [3.05, 3.63) is 11.6 Å². The third kappa shape index (κ3) is 4.17. The zero-order valence-electron chi connectivity index (χ0n) is 11.2. The van der Waals surface area contributed by atoms with Crippen LogP contribution < -0.4 is 5.32 Å². The molecule has 0 aromatic rings. The van der Waals surface area contributed by atoms with Gasteiger partial charge in [0.1, 0.15) is 0 Å². The summed E-state index contributed by atoms with van der Waals surface area (Å²) < 4.78 is 0. The van der Waals surface area contributed by atoms with Crippen LogP contribution in [-0.4, -0.2) is 23.5 Å². The van der Waals surface area contributed by atoms with Crippen molar-refractivity contribution in [1.82, 2.24) is 5.32 Å². The molecule has 0 saturated heterocycles. The first-order valence-electron chi connectivity index (χ1n) is 6.74. The van der Waals surface area contributed by atoms with Crippen molar-refractivity contribution in [1.29, 1.82) is 0 Å². The number of nitrogens with one attached hydrogen (secondary N) is 1. The Morgan fingerprint density at radius 3 is 2.61 bits per heavy atom. The Balaban J connectivity index is 2.48. The maximum atomic E-state index is 11.7. The standard InChI is InChI=1S/C14H23NO3/c1-3-6-10(2)13(16)15-9-11-7-4-5-8-12(11)14(17)18/h6,11-12H,3-5,7-9H2,1-2H3,(H,15,16)(H,17,18). The molecule has 1 saturated carbocycles. The maximum absolute atomic E-state index is 11.7. The zero-order chi connectivity index (χ0) is 13.5. The lowest BCUT2D eigenvalue weighted by Gasteiger charge is -2.28. The van der Waals surface area contributed by atoms with Crippen LogP contribution in [0, 0.1) is 11.8 Å². The van der Waals surface area contributed by atoms with Crippen LogP contribution >= 0.6 is 0 Å². The number of hydrogen-bond acceptors (Lipinski definition) is 2. The van der Waals surface area contributed by atoms with E-state index in [-0.39, 0.29) is 17.7 Å². The van der Waals surface area contributed by atoms with Crippen LogP contribution in [-0.2, 0) is 9.59 Å². The van der Waals surface area contributed by atoms with Crippen LogP contribution in [0.2, 0.25) is 0 Å². The predicted octanol–water partition coefficient (Wildman–Crippen LogP) is 2.35. The molecular weight excluding hydrogens is 230 g/mol. The number of allylic oxidation sites excluding steroid dienone is 1. The minimum absolute atomic E-state index is 0.0773. The maximum Gasteiger partial charge on any atom is 0.306 e. The Morgan fingerprint density at radius 2 is 2.00 bits per heavy atom. The van der Waals surface area contributed by atoms with Crippen LogP contribution in [0.25, 0.3) is 0 Å². The van der Waals surface area contributed by atoms with Gasteiger partial charge in [0, 0.05) is 12.1 Å². The van der Waals surface area contributed by atoms with E-state index in [1.807, 2.05) is 13.0 Å². The van der Waals surface area contributed by atoms with Crippen molar-refractivity contribution in [2.75, 3.05) is 6.54 Å². The van der Waals surface area contributed by atoms with Gasteiger partial charge in [-0.05, 0) is 32.1 Å². The Bertz CT molecular complexity index is 336. The summed E-state index contributed by atoms with van der Waals surface area (Å²) in [6, 6.07) is 0. The van der Waals surface area contributed by atoms with E-state index >= 15 is 0 Å². The summed E-state index contributed by atoms with van der Waals surface area (Å²) in [6.45, 7) is 4.25. The first kappa shape index (κ1) is 14.7. The zero-order valence-corrected chi connectivity index (χ0v) is 11.2. The second-order valence-corrected chi connectivity index (χ2v) is 4.99. The summed E-state index contributed by atoms with van der Waals surface area (Å²) in [5, 5.41) is 12.0. The molecule has 4 nitrogen and oxygen atoms in total. The van der Waals surface area contributed by atoms with Gasteiger partial charge >= 0.3 is 5.97 Å². The number of hydrogen-bond donors (Lipinski definition) is 2. The van der Waals surface area contributed by atoms with Crippen LogP contribution in [0.4, 0.5) is 0 Å². The first-order chi connectivity index (χ1) is 8.56. The highest BCUT2D eigenvalue weighted by Crippen LogP contribution is 2.29. The molecule has 0 aromatic carbocycles. The fraction of sp³-hybridized carbons (Fsp3) is 0.714. The van der Waals surface area contributed by atoms with Gasteiger partial charge in [-0.3, -0.25) is 9.59 Å². The molecule has 0 heterocycles. The van der Waals surface area contributed by atoms with Crippen LogP contribution in [0.15, 0.2) is 11.6 Å². The number of carboxylic acid groups (broad SMARTS) is 1. The summed E-state index contributed by atoms with van der Waals surface area (Å²) in [7, 11) is 0. The average molecular weight is 253 g/mol. The van der Waals surface area contributed by atoms with Crippen LogP contribution in [0.5, 0.6) is 0 Å². The molecule has 1 rings (SSSR count). The molecule has 1 fully saturated rings. The molecule has 0 radical (unpaired) electrons. The number of amides is 1. The largest absolute Gasteiger partial charge is 0.481 e. The van der Waals surface area contributed by atoms with Crippen LogP contribution in [0.3, 0.4) is 0 Å². The third-order valence-electron chi connectivity index (χ3n) is 3.62. The molecule has 18 heavy (non-hydrogen) atoms. The number of aliphatic carboxylic acids is 1. The predicted molar refractivity (Wildman–Crippen MR) is 70.1 cm³/mol. The molecule has 0 bridgehead atoms. The molecule has 0 aromatic heterocycles. The highest BCUT2D eigenvalue weighted by Gasteiger charge is 2.30. The average Bonchev–Trinajstić information content (AvgIpc) is 2.36. The van der Waals surface area contributed by atoms with Crippen molar-refractivity contribution in [3.63, 3.8) is 0 Å². The molecule has 4 heteroatoms. The van der Waals surface area contributed by atoms with Gasteiger partial charge in [-0.15, -0.1) is 0 Å². The summed E-state index contributed by atoms with van der Waals surface area (Å²) in [5.74, 6) is -1.02. The molecule has 2 atom stereocenters. The Labute approximate surface area is 108 Å². The number of rotatable bonds is 5. The number of carbonyl (C=O) groups excluding carboxylic acids is 1. The lowest BCUT2D eigenvalue weighted by molar-refractivity contribution is -0.145. The fourth-order valence-corrected chi connectivity index (χ4v) is 2.54. The number of carbonyl (C=O) groups is 2. The van der Waals surface area contributed by atoms with Crippen molar-refractivity contribution in [2.45, 2.75) is 46.0 Å². The SMILES string of the molecule is CCC=C(C)C(=O)NCC1CCCCC1C(=O)O. The van der Waals surface area contributed by atoms with E-state index in [2.05, 4.69) is 5.32 Å². The van der Waals surface area contributed by atoms with E-state index < -0.39 is 5.97 Å². The second kappa shape index (κ2) is 7.19. The highest BCUT2D eigenvalue weighted by atomic mass is 16.4. The quantitative estimate of drug-likeness (QED) is 0.739. The van der Waals surface area contributed by atoms with Gasteiger partial charge in [-0.2, -0.15) is 0 Å². The second-order valence-electron chi connectivity index (χ2n) is 4.99. The Morgan fingerprint density at radius 1 is 1.33 bits per heavy atom. The fourth-order valence-electron chi connectivity index (χ4n) is 2.54. The molecule has 2 N–H and O–H groups in total. The first-order valence-corrected chi connectivity index (χ1v) is 6.74. The van der Waals surface area contributed by atoms with E-state index in [9.17, 15) is 9.59 Å². The Kier molecular flexibility index (Phi) is 5.89. The summed E-state index contributed by atoms with van der Waals surface area (Å²) in [6.07, 6.45) is 6.39. The van der Waals surface area contributed by atoms with Crippen molar-refractivity contribution in [2.24, 2.45) is 11.8 Å². The topological polar surface area (TPSA) is 66.4 Å². The van der Waals surface area contributed by atoms with Crippen molar-refractivity contribution < 1.29 is 14.7 Å². The van der Waals surface area contributed by atoms with Crippen molar-refractivity contribution >= 4 is 11.9 Å². The third-order valence-corrected chi connectivity index (χ3v) is 3.62. The lowest BCUT2D eigenvalue weighted by Crippen LogP contribution is -2.37. The van der Waals surface area contributed by atoms with E-state index in [0.717, 1.165) is 32.1 Å². The van der Waals surface area contributed by atoms with Gasteiger partial charge < -0.3 is 10.4 Å². The van der Waals surface area contributed by atoms with Gasteiger partial charge in [0.05, 0.1) is 5.92 Å². The van der Waals surface area contributed by atoms with E-state index in [0.29, 0.717) is 12.1 Å². The minimum atomic E-state index is -0.727. The van der Waals surface area contributed by atoms with Gasteiger partial charge in [0.15, 0.2) is 0 Å². The van der Waals surface area contributed by atoms with Gasteiger partial charge in [-0.1, -0.05) is 25.8 Å². The monoisotopic (exact) mass is 253 g/mol. The van der Waals surface area contributed by atoms with Gasteiger partial charge in [0.2, 0.25) is 5.91 Å². The summed E-state index contributed by atoms with van der Waals surface area (Å²) >= 11 is 0. The molecule has 0 aliphatic heterocycles. The molecule has 1 aliphatic carbocycles. The molecule has 102 valence electrons. The minimum Gasteiger partial charge on any atom is -0.481 e. The molecule has 1 aliphatic rings. The Hall–Kier alpha value is -1.32. The van der Waals surface area contributed by atoms with E-state index in [1.54, 1.807) is 6.92 Å². The van der Waals surface area contributed by atoms with Crippen LogP contribution in [0.1, 0.15) is 46.0 Å².